The van der Waals surface area contributed by atoms with Gasteiger partial charge in [0.2, 0.25) is 0 Å². The molecule has 4 rings (SSSR count). The highest BCUT2D eigenvalue weighted by atomic mass is 16.3. The van der Waals surface area contributed by atoms with Crippen LogP contribution in [0.5, 0.6) is 0 Å². The fourth-order valence-corrected chi connectivity index (χ4v) is 6.44. The zero-order valence-corrected chi connectivity index (χ0v) is 15.7. The maximum Gasteiger partial charge on any atom is 0.161 e. The van der Waals surface area contributed by atoms with E-state index in [0.717, 1.165) is 44.9 Å². The van der Waals surface area contributed by atoms with Gasteiger partial charge in [-0.25, -0.2) is 0 Å². The lowest BCUT2D eigenvalue weighted by molar-refractivity contribution is -0.130. The highest BCUT2D eigenvalue weighted by molar-refractivity contribution is 5.97. The van der Waals surface area contributed by atoms with E-state index in [1.54, 1.807) is 5.57 Å². The molecule has 2 fully saturated rings. The van der Waals surface area contributed by atoms with E-state index in [1.165, 1.54) is 11.1 Å². The topological polar surface area (TPSA) is 54.4 Å². The van der Waals surface area contributed by atoms with Gasteiger partial charge in [0.1, 0.15) is 6.61 Å². The summed E-state index contributed by atoms with van der Waals surface area (Å²) in [4.78, 5) is 24.6. The van der Waals surface area contributed by atoms with Crippen LogP contribution < -0.4 is 0 Å². The number of aliphatic hydroxyl groups is 1. The van der Waals surface area contributed by atoms with Crippen molar-refractivity contribution in [1.29, 1.82) is 0 Å². The van der Waals surface area contributed by atoms with E-state index in [0.29, 0.717) is 11.8 Å². The Balaban J connectivity index is 1.71. The van der Waals surface area contributed by atoms with Crippen molar-refractivity contribution in [3.05, 3.63) is 22.8 Å². The molecule has 0 saturated heterocycles. The van der Waals surface area contributed by atoms with Crippen molar-refractivity contribution in [2.24, 2.45) is 28.6 Å². The summed E-state index contributed by atoms with van der Waals surface area (Å²) in [5.41, 5.74) is 4.13. The number of ketones is 2. The smallest absolute Gasteiger partial charge is 0.161 e. The molecule has 2 saturated carbocycles. The molecule has 0 aromatic heterocycles. The first-order valence-electron chi connectivity index (χ1n) is 9.89. The summed E-state index contributed by atoms with van der Waals surface area (Å²) in [6, 6.07) is 0. The Morgan fingerprint density at radius 2 is 1.96 bits per heavy atom. The van der Waals surface area contributed by atoms with Crippen LogP contribution >= 0.6 is 0 Å². The molecule has 136 valence electrons. The molecule has 4 atom stereocenters. The maximum atomic E-state index is 12.4. The Morgan fingerprint density at radius 1 is 1.20 bits per heavy atom. The Kier molecular flexibility index (Phi) is 3.88. The quantitative estimate of drug-likeness (QED) is 0.825. The second-order valence-corrected chi connectivity index (χ2v) is 9.61. The molecule has 25 heavy (non-hydrogen) atoms. The van der Waals surface area contributed by atoms with Gasteiger partial charge >= 0.3 is 0 Å². The normalized spacial score (nSPS) is 39.4. The van der Waals surface area contributed by atoms with Crippen molar-refractivity contribution < 1.29 is 14.7 Å². The Morgan fingerprint density at radius 3 is 2.68 bits per heavy atom. The van der Waals surface area contributed by atoms with E-state index >= 15 is 0 Å². The summed E-state index contributed by atoms with van der Waals surface area (Å²) in [6.07, 6.45) is 9.08. The highest BCUT2D eigenvalue weighted by Crippen LogP contribution is 2.62. The average Bonchev–Trinajstić information content (AvgIpc) is 2.92. The summed E-state index contributed by atoms with van der Waals surface area (Å²) < 4.78 is 0. The fourth-order valence-electron chi connectivity index (χ4n) is 6.44. The van der Waals surface area contributed by atoms with Crippen LogP contribution in [0.1, 0.15) is 65.7 Å². The molecule has 0 unspecified atom stereocenters. The number of fused-ring (bicyclic) bond motifs is 4. The van der Waals surface area contributed by atoms with Gasteiger partial charge in [0.15, 0.2) is 11.6 Å². The van der Waals surface area contributed by atoms with Crippen LogP contribution in [0.15, 0.2) is 22.8 Å². The Labute approximate surface area is 150 Å². The number of aliphatic hydroxyl groups excluding tert-OH is 1. The molecular weight excluding hydrogens is 312 g/mol. The summed E-state index contributed by atoms with van der Waals surface area (Å²) in [5, 5.41) is 9.37. The minimum absolute atomic E-state index is 0.0374. The van der Waals surface area contributed by atoms with E-state index in [9.17, 15) is 14.7 Å². The van der Waals surface area contributed by atoms with Gasteiger partial charge in [-0.05, 0) is 79.4 Å². The number of hydrogen-bond donors (Lipinski definition) is 1. The van der Waals surface area contributed by atoms with Crippen molar-refractivity contribution in [3.63, 3.8) is 0 Å². The molecule has 0 radical (unpaired) electrons. The lowest BCUT2D eigenvalue weighted by Crippen LogP contribution is -2.43. The number of Topliss-reactive ketones (excluding diaryl/α,β-unsaturated/α-hetero) is 1. The predicted octanol–water partition coefficient (Wildman–Crippen LogP) is 4.01. The molecule has 0 aromatic rings. The first kappa shape index (κ1) is 17.2. The highest BCUT2D eigenvalue weighted by Gasteiger charge is 2.55. The molecule has 1 N–H and O–H groups in total. The van der Waals surface area contributed by atoms with Crippen molar-refractivity contribution in [3.8, 4) is 0 Å². The molecule has 0 heterocycles. The Hall–Kier alpha value is -1.22. The monoisotopic (exact) mass is 342 g/mol. The molecule has 3 nitrogen and oxygen atoms in total. The number of carbonyl (C=O) groups excluding carboxylic acids is 2. The van der Waals surface area contributed by atoms with Crippen molar-refractivity contribution in [2.75, 3.05) is 6.61 Å². The number of hydrogen-bond acceptors (Lipinski definition) is 3. The first-order valence-corrected chi connectivity index (χ1v) is 9.89. The molecule has 3 heteroatoms. The minimum Gasteiger partial charge on any atom is -0.389 e. The Bertz CT molecular complexity index is 696. The van der Waals surface area contributed by atoms with Crippen LogP contribution in [0.25, 0.3) is 0 Å². The number of rotatable bonds is 2. The summed E-state index contributed by atoms with van der Waals surface area (Å²) >= 11 is 0. The summed E-state index contributed by atoms with van der Waals surface area (Å²) in [7, 11) is 0. The largest absolute Gasteiger partial charge is 0.389 e. The lowest BCUT2D eigenvalue weighted by Gasteiger charge is -2.49. The van der Waals surface area contributed by atoms with E-state index in [-0.39, 0.29) is 34.9 Å². The van der Waals surface area contributed by atoms with Gasteiger partial charge in [-0.1, -0.05) is 26.3 Å². The summed E-state index contributed by atoms with van der Waals surface area (Å²) in [6.45, 7) is 6.12. The average molecular weight is 342 g/mol. The molecule has 4 aliphatic rings. The van der Waals surface area contributed by atoms with E-state index < -0.39 is 0 Å². The first-order chi connectivity index (χ1) is 11.8. The number of carbonyl (C=O) groups is 2. The van der Waals surface area contributed by atoms with Crippen molar-refractivity contribution in [1.82, 2.24) is 0 Å². The van der Waals surface area contributed by atoms with Crippen LogP contribution in [-0.4, -0.2) is 23.3 Å². The standard InChI is InChI=1S/C22H30O3/c1-21(2)11-16-13(10-20(21)25)4-5-15-14(16)8-9-22(3)17(15)6-7-18(22)19(24)12-23/h10,15,17-18,23H,4-9,11-12H2,1-3H3/t15-,17+,18-,22+/m1/s1. The van der Waals surface area contributed by atoms with Crippen LogP contribution in [0.3, 0.4) is 0 Å². The van der Waals surface area contributed by atoms with Crippen LogP contribution in [-0.2, 0) is 9.59 Å². The molecule has 0 aliphatic heterocycles. The van der Waals surface area contributed by atoms with Gasteiger partial charge in [0.25, 0.3) is 0 Å². The zero-order chi connectivity index (χ0) is 18.0. The predicted molar refractivity (Wildman–Crippen MR) is 96.9 cm³/mol. The zero-order valence-electron chi connectivity index (χ0n) is 15.7. The van der Waals surface area contributed by atoms with Crippen LogP contribution in [0.2, 0.25) is 0 Å². The third kappa shape index (κ3) is 2.42. The SMILES string of the molecule is CC1(C)CC2=C3CC[C@]4(C)[C@@H](C(=O)CO)CC[C@H]4[C@@H]3CCC2=CC1=O. The summed E-state index contributed by atoms with van der Waals surface area (Å²) in [5.74, 6) is 1.50. The van der Waals surface area contributed by atoms with E-state index in [4.69, 9.17) is 0 Å². The van der Waals surface area contributed by atoms with Crippen LogP contribution in [0, 0.1) is 28.6 Å². The third-order valence-corrected chi connectivity index (χ3v) is 7.91. The van der Waals surface area contributed by atoms with Gasteiger partial charge in [0.05, 0.1) is 0 Å². The van der Waals surface area contributed by atoms with Gasteiger partial charge in [-0.2, -0.15) is 0 Å². The van der Waals surface area contributed by atoms with Gasteiger partial charge < -0.3 is 5.11 Å². The van der Waals surface area contributed by atoms with Crippen molar-refractivity contribution >= 4 is 11.6 Å². The lowest BCUT2D eigenvalue weighted by atomic mass is 9.55. The van der Waals surface area contributed by atoms with Crippen molar-refractivity contribution in [2.45, 2.75) is 65.7 Å². The molecule has 0 bridgehead atoms. The van der Waals surface area contributed by atoms with Gasteiger partial charge in [0, 0.05) is 11.3 Å². The fraction of sp³-hybridized carbons (Fsp3) is 0.727. The molecular formula is C22H30O3. The second kappa shape index (κ2) is 5.64. The van der Waals surface area contributed by atoms with Gasteiger partial charge in [-0.15, -0.1) is 0 Å². The number of allylic oxidation sites excluding steroid dienone is 4. The van der Waals surface area contributed by atoms with E-state index in [1.807, 2.05) is 6.08 Å². The third-order valence-electron chi connectivity index (χ3n) is 7.91. The van der Waals surface area contributed by atoms with E-state index in [2.05, 4.69) is 20.8 Å². The van der Waals surface area contributed by atoms with Gasteiger partial charge in [-0.3, -0.25) is 9.59 Å². The van der Waals surface area contributed by atoms with Crippen LogP contribution in [0.4, 0.5) is 0 Å². The molecule has 0 amide bonds. The molecule has 0 aromatic carbocycles. The minimum atomic E-state index is -0.311. The maximum absolute atomic E-state index is 12.4. The molecule has 0 spiro atoms. The second-order valence-electron chi connectivity index (χ2n) is 9.61. The molecule has 4 aliphatic carbocycles.